The third kappa shape index (κ3) is 3.85. The summed E-state index contributed by atoms with van der Waals surface area (Å²) in [6.45, 7) is 2.63. The van der Waals surface area contributed by atoms with Crippen molar-refractivity contribution in [2.75, 3.05) is 19.0 Å². The second-order valence-corrected chi connectivity index (χ2v) is 7.91. The van der Waals surface area contributed by atoms with Gasteiger partial charge in [0.1, 0.15) is 0 Å². The molecule has 4 nitrogen and oxygen atoms in total. The summed E-state index contributed by atoms with van der Waals surface area (Å²) in [6.07, 6.45) is 12.6. The molecule has 146 valence electrons. The number of aromatic nitrogens is 1. The van der Waals surface area contributed by atoms with E-state index in [1.165, 1.54) is 73.7 Å². The van der Waals surface area contributed by atoms with Gasteiger partial charge in [-0.15, -0.1) is 0 Å². The van der Waals surface area contributed by atoms with Crippen LogP contribution < -0.4 is 14.8 Å². The Morgan fingerprint density at radius 3 is 2.56 bits per heavy atom. The van der Waals surface area contributed by atoms with E-state index in [1.54, 1.807) is 7.11 Å². The van der Waals surface area contributed by atoms with Crippen molar-refractivity contribution < 1.29 is 9.47 Å². The van der Waals surface area contributed by atoms with E-state index in [0.717, 1.165) is 29.9 Å². The fraction of sp³-hybridized carbons (Fsp3) is 0.609. The summed E-state index contributed by atoms with van der Waals surface area (Å²) >= 11 is 0. The summed E-state index contributed by atoms with van der Waals surface area (Å²) in [5.41, 5.74) is 5.06. The molecule has 2 aromatic rings. The lowest BCUT2D eigenvalue weighted by Crippen LogP contribution is -2.23. The van der Waals surface area contributed by atoms with Gasteiger partial charge in [0.15, 0.2) is 11.5 Å². The Morgan fingerprint density at radius 2 is 1.78 bits per heavy atom. The fourth-order valence-electron chi connectivity index (χ4n) is 4.65. The highest BCUT2D eigenvalue weighted by molar-refractivity contribution is 5.96. The van der Waals surface area contributed by atoms with Crippen LogP contribution in [0.5, 0.6) is 11.5 Å². The number of fused-ring (bicyclic) bond motifs is 2. The lowest BCUT2D eigenvalue weighted by atomic mass is 9.94. The second-order valence-electron chi connectivity index (χ2n) is 7.91. The van der Waals surface area contributed by atoms with Crippen molar-refractivity contribution in [1.82, 2.24) is 4.98 Å². The molecule has 0 saturated heterocycles. The lowest BCUT2D eigenvalue weighted by Gasteiger charge is -2.27. The van der Waals surface area contributed by atoms with Gasteiger partial charge in [-0.3, -0.25) is 4.98 Å². The number of nitrogens with zero attached hydrogens (tertiary/aromatic N) is 1. The van der Waals surface area contributed by atoms with Crippen molar-refractivity contribution >= 4 is 16.6 Å². The first-order valence-corrected chi connectivity index (χ1v) is 10.7. The van der Waals surface area contributed by atoms with Crippen LogP contribution in [0.25, 0.3) is 10.9 Å². The molecule has 1 saturated carbocycles. The number of benzene rings is 1. The standard InChI is InChI=1S/C23H32N2O2/c1-3-27-22-15-20-18(14-21(22)26-2)23(24-16-10-6-4-7-11-16)17-12-8-5-9-13-19(17)25-20/h14-16H,3-13H2,1-2H3,(H,24,25). The molecule has 4 heteroatoms. The molecular formula is C23H32N2O2. The fourth-order valence-corrected chi connectivity index (χ4v) is 4.65. The Hall–Kier alpha value is -1.97. The predicted octanol–water partition coefficient (Wildman–Crippen LogP) is 5.66. The molecule has 4 rings (SSSR count). The molecule has 0 atom stereocenters. The van der Waals surface area contributed by atoms with Crippen LogP contribution in [0.3, 0.4) is 0 Å². The van der Waals surface area contributed by atoms with Gasteiger partial charge in [-0.25, -0.2) is 0 Å². The smallest absolute Gasteiger partial charge is 0.163 e. The number of anilines is 1. The normalized spacial score (nSPS) is 18.0. The average Bonchev–Trinajstić information content (AvgIpc) is 2.94. The third-order valence-corrected chi connectivity index (χ3v) is 6.05. The molecule has 0 bridgehead atoms. The number of aryl methyl sites for hydroxylation is 1. The number of ether oxygens (including phenoxy) is 2. The van der Waals surface area contributed by atoms with Crippen molar-refractivity contribution in [1.29, 1.82) is 0 Å². The highest BCUT2D eigenvalue weighted by atomic mass is 16.5. The van der Waals surface area contributed by atoms with E-state index >= 15 is 0 Å². The minimum absolute atomic E-state index is 0.578. The summed E-state index contributed by atoms with van der Waals surface area (Å²) < 4.78 is 11.4. The minimum Gasteiger partial charge on any atom is -0.493 e. The van der Waals surface area contributed by atoms with E-state index in [9.17, 15) is 0 Å². The lowest BCUT2D eigenvalue weighted by molar-refractivity contribution is 0.311. The zero-order valence-corrected chi connectivity index (χ0v) is 16.8. The van der Waals surface area contributed by atoms with Gasteiger partial charge < -0.3 is 14.8 Å². The van der Waals surface area contributed by atoms with Gasteiger partial charge in [0.2, 0.25) is 0 Å². The van der Waals surface area contributed by atoms with E-state index in [0.29, 0.717) is 12.6 Å². The molecule has 1 heterocycles. The summed E-state index contributed by atoms with van der Waals surface area (Å²) in [6, 6.07) is 4.77. The van der Waals surface area contributed by atoms with E-state index in [-0.39, 0.29) is 0 Å². The number of hydrogen-bond acceptors (Lipinski definition) is 4. The summed E-state index contributed by atoms with van der Waals surface area (Å²) in [5.74, 6) is 1.59. The molecule has 0 amide bonds. The zero-order valence-electron chi connectivity index (χ0n) is 16.8. The molecule has 1 fully saturated rings. The maximum absolute atomic E-state index is 5.81. The van der Waals surface area contributed by atoms with Crippen molar-refractivity contribution in [3.8, 4) is 11.5 Å². The van der Waals surface area contributed by atoms with E-state index in [4.69, 9.17) is 14.5 Å². The molecular weight excluding hydrogens is 336 g/mol. The Morgan fingerprint density at radius 1 is 1.00 bits per heavy atom. The first-order valence-electron chi connectivity index (χ1n) is 10.7. The van der Waals surface area contributed by atoms with Crippen LogP contribution >= 0.6 is 0 Å². The Labute approximate surface area is 162 Å². The van der Waals surface area contributed by atoms with Gasteiger partial charge >= 0.3 is 0 Å². The number of methoxy groups -OCH3 is 1. The van der Waals surface area contributed by atoms with E-state index < -0.39 is 0 Å². The van der Waals surface area contributed by atoms with Crippen LogP contribution in [0.4, 0.5) is 5.69 Å². The molecule has 0 unspecified atom stereocenters. The third-order valence-electron chi connectivity index (χ3n) is 6.05. The topological polar surface area (TPSA) is 43.4 Å². The maximum Gasteiger partial charge on any atom is 0.163 e. The number of rotatable bonds is 5. The number of pyridine rings is 1. The van der Waals surface area contributed by atoms with Crippen molar-refractivity contribution in [2.24, 2.45) is 0 Å². The van der Waals surface area contributed by atoms with Crippen molar-refractivity contribution in [3.63, 3.8) is 0 Å². The summed E-state index contributed by atoms with van der Waals surface area (Å²) in [4.78, 5) is 5.07. The predicted molar refractivity (Wildman–Crippen MR) is 111 cm³/mol. The molecule has 0 radical (unpaired) electrons. The number of nitrogens with one attached hydrogen (secondary N) is 1. The van der Waals surface area contributed by atoms with E-state index in [1.807, 2.05) is 6.92 Å². The monoisotopic (exact) mass is 368 g/mol. The first-order chi connectivity index (χ1) is 13.3. The van der Waals surface area contributed by atoms with Gasteiger partial charge in [-0.05, 0) is 57.1 Å². The molecule has 2 aliphatic rings. The van der Waals surface area contributed by atoms with Gasteiger partial charge in [-0.1, -0.05) is 25.7 Å². The van der Waals surface area contributed by atoms with Crippen LogP contribution in [0, 0.1) is 0 Å². The van der Waals surface area contributed by atoms with E-state index in [2.05, 4.69) is 17.4 Å². The minimum atomic E-state index is 0.578. The van der Waals surface area contributed by atoms with Crippen LogP contribution in [0.2, 0.25) is 0 Å². The van der Waals surface area contributed by atoms with Gasteiger partial charge in [0, 0.05) is 28.9 Å². The van der Waals surface area contributed by atoms with Crippen LogP contribution in [0.1, 0.15) is 69.5 Å². The van der Waals surface area contributed by atoms with Crippen molar-refractivity contribution in [3.05, 3.63) is 23.4 Å². The second kappa shape index (κ2) is 8.37. The summed E-state index contributed by atoms with van der Waals surface area (Å²) in [7, 11) is 1.72. The molecule has 0 spiro atoms. The van der Waals surface area contributed by atoms with Gasteiger partial charge in [0.25, 0.3) is 0 Å². The average molecular weight is 369 g/mol. The molecule has 1 N–H and O–H groups in total. The Balaban J connectivity index is 1.85. The first kappa shape index (κ1) is 18.4. The van der Waals surface area contributed by atoms with Crippen LogP contribution in [-0.4, -0.2) is 24.7 Å². The Kier molecular flexibility index (Phi) is 5.70. The quantitative estimate of drug-likeness (QED) is 0.692. The van der Waals surface area contributed by atoms with Gasteiger partial charge in [-0.2, -0.15) is 0 Å². The SMILES string of the molecule is CCOc1cc2nc3c(c(NC4CCCCC4)c2cc1OC)CCCCC3. The van der Waals surface area contributed by atoms with Crippen LogP contribution in [0.15, 0.2) is 12.1 Å². The van der Waals surface area contributed by atoms with Gasteiger partial charge in [0.05, 0.1) is 19.2 Å². The van der Waals surface area contributed by atoms with Crippen molar-refractivity contribution in [2.45, 2.75) is 77.2 Å². The molecule has 1 aromatic carbocycles. The number of hydrogen-bond donors (Lipinski definition) is 1. The van der Waals surface area contributed by atoms with Crippen LogP contribution in [-0.2, 0) is 12.8 Å². The maximum atomic E-state index is 5.81. The Bertz CT molecular complexity index is 792. The molecule has 0 aliphatic heterocycles. The highest BCUT2D eigenvalue weighted by Crippen LogP contribution is 2.39. The molecule has 2 aliphatic carbocycles. The molecule has 1 aromatic heterocycles. The zero-order chi connectivity index (χ0) is 18.6. The largest absolute Gasteiger partial charge is 0.493 e. The molecule has 27 heavy (non-hydrogen) atoms. The summed E-state index contributed by atoms with van der Waals surface area (Å²) in [5, 5.41) is 5.13. The highest BCUT2D eigenvalue weighted by Gasteiger charge is 2.22.